The van der Waals surface area contributed by atoms with Crippen LogP contribution in [0.25, 0.3) is 0 Å². The highest BCUT2D eigenvalue weighted by Crippen LogP contribution is 2.39. The summed E-state index contributed by atoms with van der Waals surface area (Å²) in [6.45, 7) is 2.20. The summed E-state index contributed by atoms with van der Waals surface area (Å²) in [5, 5.41) is 0. The SMILES string of the molecule is CCCCCCCC1(F)CC(N)C1. The molecule has 1 aliphatic rings. The van der Waals surface area contributed by atoms with E-state index in [1.807, 2.05) is 0 Å². The number of unbranched alkanes of at least 4 members (excludes halogenated alkanes) is 4. The van der Waals surface area contributed by atoms with Crippen molar-refractivity contribution in [2.24, 2.45) is 5.73 Å². The molecular weight excluding hydrogens is 165 g/mol. The van der Waals surface area contributed by atoms with E-state index in [0.29, 0.717) is 12.8 Å². The first kappa shape index (κ1) is 11.0. The van der Waals surface area contributed by atoms with Gasteiger partial charge in [-0.05, 0) is 19.3 Å². The van der Waals surface area contributed by atoms with Gasteiger partial charge in [0.2, 0.25) is 0 Å². The molecule has 1 rings (SSSR count). The van der Waals surface area contributed by atoms with Crippen LogP contribution in [0.3, 0.4) is 0 Å². The Labute approximate surface area is 80.9 Å². The Bertz CT molecular complexity index is 141. The van der Waals surface area contributed by atoms with Crippen molar-refractivity contribution < 1.29 is 4.39 Å². The minimum atomic E-state index is -0.883. The van der Waals surface area contributed by atoms with Gasteiger partial charge in [0.05, 0.1) is 0 Å². The van der Waals surface area contributed by atoms with Gasteiger partial charge in [-0.2, -0.15) is 0 Å². The number of rotatable bonds is 6. The van der Waals surface area contributed by atoms with Crippen molar-refractivity contribution in [1.29, 1.82) is 0 Å². The molecule has 1 aliphatic carbocycles. The van der Waals surface area contributed by atoms with E-state index in [0.717, 1.165) is 12.8 Å². The molecule has 2 heteroatoms. The maximum absolute atomic E-state index is 13.6. The van der Waals surface area contributed by atoms with E-state index in [1.165, 1.54) is 25.7 Å². The molecule has 0 aromatic rings. The Morgan fingerprint density at radius 1 is 1.23 bits per heavy atom. The minimum absolute atomic E-state index is 0.139. The van der Waals surface area contributed by atoms with Crippen LogP contribution < -0.4 is 5.73 Å². The van der Waals surface area contributed by atoms with E-state index in [-0.39, 0.29) is 6.04 Å². The third-order valence-electron chi connectivity index (χ3n) is 2.98. The molecule has 0 aromatic carbocycles. The smallest absolute Gasteiger partial charge is 0.114 e. The fourth-order valence-corrected chi connectivity index (χ4v) is 2.13. The maximum Gasteiger partial charge on any atom is 0.114 e. The molecular formula is C11H22FN. The van der Waals surface area contributed by atoms with Crippen LogP contribution in [0.2, 0.25) is 0 Å². The van der Waals surface area contributed by atoms with E-state index in [9.17, 15) is 4.39 Å². The number of hydrogen-bond donors (Lipinski definition) is 1. The first-order valence-corrected chi connectivity index (χ1v) is 5.61. The lowest BCUT2D eigenvalue weighted by molar-refractivity contribution is 0.0324. The van der Waals surface area contributed by atoms with E-state index < -0.39 is 5.67 Å². The number of nitrogens with two attached hydrogens (primary N) is 1. The number of halogens is 1. The van der Waals surface area contributed by atoms with Gasteiger partial charge in [0.15, 0.2) is 0 Å². The third-order valence-corrected chi connectivity index (χ3v) is 2.98. The van der Waals surface area contributed by atoms with Crippen molar-refractivity contribution in [3.05, 3.63) is 0 Å². The normalized spacial score (nSPS) is 33.0. The maximum atomic E-state index is 13.6. The fraction of sp³-hybridized carbons (Fsp3) is 1.00. The van der Waals surface area contributed by atoms with Gasteiger partial charge >= 0.3 is 0 Å². The monoisotopic (exact) mass is 187 g/mol. The van der Waals surface area contributed by atoms with Crippen molar-refractivity contribution in [3.63, 3.8) is 0 Å². The van der Waals surface area contributed by atoms with Crippen molar-refractivity contribution in [3.8, 4) is 0 Å². The van der Waals surface area contributed by atoms with Gasteiger partial charge in [0.1, 0.15) is 5.67 Å². The summed E-state index contributed by atoms with van der Waals surface area (Å²) in [5.74, 6) is 0. The molecule has 0 atom stereocenters. The zero-order valence-electron chi connectivity index (χ0n) is 8.69. The lowest BCUT2D eigenvalue weighted by Gasteiger charge is -2.39. The Morgan fingerprint density at radius 3 is 2.38 bits per heavy atom. The standard InChI is InChI=1S/C11H22FN/c1-2-3-4-5-6-7-11(12)8-10(13)9-11/h10H,2-9,13H2,1H3. The highest BCUT2D eigenvalue weighted by molar-refractivity contribution is 4.96. The minimum Gasteiger partial charge on any atom is -0.327 e. The van der Waals surface area contributed by atoms with Crippen LogP contribution in [0.5, 0.6) is 0 Å². The first-order valence-electron chi connectivity index (χ1n) is 5.61. The molecule has 0 spiro atoms. The Hall–Kier alpha value is -0.110. The molecule has 13 heavy (non-hydrogen) atoms. The van der Waals surface area contributed by atoms with Gasteiger partial charge in [-0.15, -0.1) is 0 Å². The largest absolute Gasteiger partial charge is 0.327 e. The molecule has 1 saturated carbocycles. The van der Waals surface area contributed by atoms with Crippen molar-refractivity contribution in [2.75, 3.05) is 0 Å². The highest BCUT2D eigenvalue weighted by Gasteiger charge is 2.41. The quantitative estimate of drug-likeness (QED) is 0.635. The summed E-state index contributed by atoms with van der Waals surface area (Å²) < 4.78 is 13.6. The number of hydrogen-bond acceptors (Lipinski definition) is 1. The molecule has 2 N–H and O–H groups in total. The van der Waals surface area contributed by atoms with Crippen LogP contribution >= 0.6 is 0 Å². The highest BCUT2D eigenvalue weighted by atomic mass is 19.1. The van der Waals surface area contributed by atoms with Gasteiger partial charge in [0.25, 0.3) is 0 Å². The molecule has 0 bridgehead atoms. The van der Waals surface area contributed by atoms with Crippen LogP contribution in [0.1, 0.15) is 58.3 Å². The molecule has 0 aliphatic heterocycles. The van der Waals surface area contributed by atoms with Crippen LogP contribution in [-0.4, -0.2) is 11.7 Å². The van der Waals surface area contributed by atoms with Crippen LogP contribution in [0.4, 0.5) is 4.39 Å². The second-order valence-corrected chi connectivity index (χ2v) is 4.48. The van der Waals surface area contributed by atoms with Crippen LogP contribution in [0, 0.1) is 0 Å². The second kappa shape index (κ2) is 4.94. The van der Waals surface area contributed by atoms with Crippen LogP contribution in [0.15, 0.2) is 0 Å². The summed E-state index contributed by atoms with van der Waals surface area (Å²) in [6.07, 6.45) is 7.98. The fourth-order valence-electron chi connectivity index (χ4n) is 2.13. The lowest BCUT2D eigenvalue weighted by Crippen LogP contribution is -2.48. The lowest BCUT2D eigenvalue weighted by atomic mass is 9.75. The van der Waals surface area contributed by atoms with Gasteiger partial charge in [0, 0.05) is 6.04 Å². The van der Waals surface area contributed by atoms with E-state index in [1.54, 1.807) is 0 Å². The van der Waals surface area contributed by atoms with Gasteiger partial charge in [-0.3, -0.25) is 0 Å². The molecule has 1 fully saturated rings. The molecule has 0 aromatic heterocycles. The molecule has 0 radical (unpaired) electrons. The molecule has 78 valence electrons. The summed E-state index contributed by atoms with van der Waals surface area (Å²) in [7, 11) is 0. The molecule has 0 saturated heterocycles. The molecule has 0 heterocycles. The van der Waals surface area contributed by atoms with Crippen molar-refractivity contribution in [1.82, 2.24) is 0 Å². The Balaban J connectivity index is 1.94. The Morgan fingerprint density at radius 2 is 1.85 bits per heavy atom. The zero-order chi connectivity index (χ0) is 9.73. The van der Waals surface area contributed by atoms with Gasteiger partial charge < -0.3 is 5.73 Å². The predicted octanol–water partition coefficient (Wildman–Crippen LogP) is 3.18. The summed E-state index contributed by atoms with van der Waals surface area (Å²) in [4.78, 5) is 0. The van der Waals surface area contributed by atoms with Gasteiger partial charge in [-0.25, -0.2) is 4.39 Å². The first-order chi connectivity index (χ1) is 6.16. The number of alkyl halides is 1. The zero-order valence-corrected chi connectivity index (χ0v) is 8.69. The van der Waals surface area contributed by atoms with Crippen molar-refractivity contribution >= 4 is 0 Å². The average Bonchev–Trinajstić information content (AvgIpc) is 2.02. The summed E-state index contributed by atoms with van der Waals surface area (Å²) >= 11 is 0. The van der Waals surface area contributed by atoms with Crippen molar-refractivity contribution in [2.45, 2.75) is 70.0 Å². The second-order valence-electron chi connectivity index (χ2n) is 4.48. The average molecular weight is 187 g/mol. The van der Waals surface area contributed by atoms with E-state index in [2.05, 4.69) is 6.92 Å². The van der Waals surface area contributed by atoms with E-state index >= 15 is 0 Å². The predicted molar refractivity (Wildman–Crippen MR) is 54.4 cm³/mol. The Kier molecular flexibility index (Phi) is 4.17. The van der Waals surface area contributed by atoms with Crippen LogP contribution in [-0.2, 0) is 0 Å². The molecule has 0 unspecified atom stereocenters. The summed E-state index contributed by atoms with van der Waals surface area (Å²) in [6, 6.07) is 0.139. The third kappa shape index (κ3) is 3.63. The van der Waals surface area contributed by atoms with E-state index in [4.69, 9.17) is 5.73 Å². The summed E-state index contributed by atoms with van der Waals surface area (Å²) in [5.41, 5.74) is 4.68. The van der Waals surface area contributed by atoms with Gasteiger partial charge in [-0.1, -0.05) is 39.0 Å². The topological polar surface area (TPSA) is 26.0 Å². The molecule has 0 amide bonds. The molecule has 1 nitrogen and oxygen atoms in total.